The summed E-state index contributed by atoms with van der Waals surface area (Å²) in [6.45, 7) is 6.74. The Bertz CT molecular complexity index is 376. The van der Waals surface area contributed by atoms with Crippen LogP contribution in [-0.4, -0.2) is 10.2 Å². The van der Waals surface area contributed by atoms with Crippen molar-refractivity contribution < 1.29 is 0 Å². The van der Waals surface area contributed by atoms with Gasteiger partial charge in [0, 0.05) is 0 Å². The number of rotatable bonds is 13. The number of hydrogen-bond donors (Lipinski definition) is 0. The minimum atomic E-state index is 0.685. The summed E-state index contributed by atoms with van der Waals surface area (Å²) in [6.07, 6.45) is 20.4. The molecule has 0 bridgehead atoms. The zero-order chi connectivity index (χ0) is 16.0. The molecule has 0 aromatic carbocycles. The number of nitrogens with zero attached hydrogens (tertiary/aromatic N) is 2. The molecule has 2 nitrogen and oxygen atoms in total. The van der Waals surface area contributed by atoms with Gasteiger partial charge < -0.3 is 0 Å². The van der Waals surface area contributed by atoms with E-state index >= 15 is 0 Å². The van der Waals surface area contributed by atoms with Crippen molar-refractivity contribution in [3.63, 3.8) is 0 Å². The molecule has 0 aliphatic carbocycles. The molecule has 0 amide bonds. The van der Waals surface area contributed by atoms with Gasteiger partial charge in [-0.2, -0.15) is 10.2 Å². The van der Waals surface area contributed by atoms with Crippen molar-refractivity contribution >= 4 is 0 Å². The second-order valence-corrected chi connectivity index (χ2v) is 6.73. The first-order valence-electron chi connectivity index (χ1n) is 9.56. The van der Waals surface area contributed by atoms with Crippen LogP contribution in [0.1, 0.15) is 108 Å². The summed E-state index contributed by atoms with van der Waals surface area (Å²) in [5.74, 6) is 0.685. The second kappa shape index (κ2) is 12.6. The van der Waals surface area contributed by atoms with Crippen LogP contribution in [-0.2, 0) is 0 Å². The smallest absolute Gasteiger partial charge is 0.0533 e. The van der Waals surface area contributed by atoms with Gasteiger partial charge in [-0.05, 0) is 36.8 Å². The van der Waals surface area contributed by atoms with E-state index < -0.39 is 0 Å². The zero-order valence-electron chi connectivity index (χ0n) is 15.1. The van der Waals surface area contributed by atoms with Gasteiger partial charge in [-0.15, -0.1) is 0 Å². The zero-order valence-corrected chi connectivity index (χ0v) is 15.1. The van der Waals surface area contributed by atoms with E-state index in [1.54, 1.807) is 0 Å². The van der Waals surface area contributed by atoms with Crippen LogP contribution in [0.2, 0.25) is 0 Å². The van der Waals surface area contributed by atoms with E-state index in [1.807, 2.05) is 12.4 Å². The molecule has 0 saturated heterocycles. The summed E-state index contributed by atoms with van der Waals surface area (Å²) < 4.78 is 0. The molecule has 0 aliphatic heterocycles. The van der Waals surface area contributed by atoms with E-state index in [0.29, 0.717) is 5.92 Å². The molecule has 0 fully saturated rings. The van der Waals surface area contributed by atoms with Crippen LogP contribution < -0.4 is 0 Å². The molecule has 0 spiro atoms. The topological polar surface area (TPSA) is 25.8 Å². The van der Waals surface area contributed by atoms with Crippen LogP contribution in [0.5, 0.6) is 0 Å². The third-order valence-corrected chi connectivity index (χ3v) is 4.70. The third kappa shape index (κ3) is 7.91. The molecule has 1 atom stereocenters. The van der Waals surface area contributed by atoms with E-state index in [2.05, 4.69) is 31.0 Å². The maximum atomic E-state index is 4.09. The molecule has 0 saturated carbocycles. The van der Waals surface area contributed by atoms with Crippen molar-refractivity contribution in [1.29, 1.82) is 0 Å². The number of aromatic nitrogens is 2. The molecular formula is C20H36N2. The lowest BCUT2D eigenvalue weighted by Gasteiger charge is -2.18. The lowest BCUT2D eigenvalue weighted by atomic mass is 9.88. The number of unbranched alkanes of at least 4 members (excludes halogenated alkanes) is 8. The molecule has 1 unspecified atom stereocenters. The quantitative estimate of drug-likeness (QED) is 0.384. The van der Waals surface area contributed by atoms with Gasteiger partial charge in [-0.3, -0.25) is 0 Å². The van der Waals surface area contributed by atoms with Crippen LogP contribution in [0.3, 0.4) is 0 Å². The standard InChI is InChI=1S/C20H36N2/c1-4-6-7-8-9-10-11-12-13-15-19(14-5-2)20-17-22-21-16-18(20)3/h16-17,19H,4-15H2,1-3H3. The highest BCUT2D eigenvalue weighted by atomic mass is 15.1. The van der Waals surface area contributed by atoms with Crippen LogP contribution in [0.15, 0.2) is 12.4 Å². The summed E-state index contributed by atoms with van der Waals surface area (Å²) in [7, 11) is 0. The molecule has 2 heteroatoms. The number of aryl methyl sites for hydroxylation is 1. The van der Waals surface area contributed by atoms with Gasteiger partial charge in [-0.25, -0.2) is 0 Å². The van der Waals surface area contributed by atoms with Crippen LogP contribution >= 0.6 is 0 Å². The highest BCUT2D eigenvalue weighted by Crippen LogP contribution is 2.28. The van der Waals surface area contributed by atoms with E-state index in [9.17, 15) is 0 Å². The summed E-state index contributed by atoms with van der Waals surface area (Å²) in [5.41, 5.74) is 2.74. The Balaban J connectivity index is 2.19. The van der Waals surface area contributed by atoms with Crippen molar-refractivity contribution in [2.75, 3.05) is 0 Å². The Morgan fingerprint density at radius 3 is 1.91 bits per heavy atom. The van der Waals surface area contributed by atoms with Crippen molar-refractivity contribution in [3.8, 4) is 0 Å². The summed E-state index contributed by atoms with van der Waals surface area (Å²) in [5, 5.41) is 8.08. The maximum absolute atomic E-state index is 4.09. The molecule has 1 aromatic rings. The van der Waals surface area contributed by atoms with E-state index in [-0.39, 0.29) is 0 Å². The van der Waals surface area contributed by atoms with Gasteiger partial charge in [0.2, 0.25) is 0 Å². The summed E-state index contributed by atoms with van der Waals surface area (Å²) in [4.78, 5) is 0. The minimum absolute atomic E-state index is 0.685. The Kier molecular flexibility index (Phi) is 11.0. The highest BCUT2D eigenvalue weighted by molar-refractivity contribution is 5.23. The van der Waals surface area contributed by atoms with E-state index in [4.69, 9.17) is 0 Å². The highest BCUT2D eigenvalue weighted by Gasteiger charge is 2.13. The van der Waals surface area contributed by atoms with Crippen LogP contribution in [0, 0.1) is 6.92 Å². The fourth-order valence-electron chi connectivity index (χ4n) is 3.32. The lowest BCUT2D eigenvalue weighted by Crippen LogP contribution is -2.03. The average molecular weight is 305 g/mol. The molecular weight excluding hydrogens is 268 g/mol. The second-order valence-electron chi connectivity index (χ2n) is 6.73. The van der Waals surface area contributed by atoms with Crippen molar-refractivity contribution in [3.05, 3.63) is 23.5 Å². The Morgan fingerprint density at radius 1 is 0.727 bits per heavy atom. The van der Waals surface area contributed by atoms with Crippen LogP contribution in [0.4, 0.5) is 0 Å². The Labute approximate surface area is 138 Å². The Morgan fingerprint density at radius 2 is 1.32 bits per heavy atom. The largest absolute Gasteiger partial charge is 0.159 e. The average Bonchev–Trinajstić information content (AvgIpc) is 2.53. The third-order valence-electron chi connectivity index (χ3n) is 4.70. The van der Waals surface area contributed by atoms with Gasteiger partial charge in [0.1, 0.15) is 0 Å². The first-order chi connectivity index (χ1) is 10.8. The summed E-state index contributed by atoms with van der Waals surface area (Å²) in [6, 6.07) is 0. The molecule has 1 rings (SSSR count). The molecule has 0 radical (unpaired) electrons. The predicted octanol–water partition coefficient (Wildman–Crippen LogP) is 6.59. The molecule has 0 N–H and O–H groups in total. The van der Waals surface area contributed by atoms with Gasteiger partial charge >= 0.3 is 0 Å². The Hall–Kier alpha value is -0.920. The van der Waals surface area contributed by atoms with Crippen LogP contribution in [0.25, 0.3) is 0 Å². The van der Waals surface area contributed by atoms with Gasteiger partial charge in [0.15, 0.2) is 0 Å². The lowest BCUT2D eigenvalue weighted by molar-refractivity contribution is 0.503. The van der Waals surface area contributed by atoms with Crippen molar-refractivity contribution in [1.82, 2.24) is 10.2 Å². The number of hydrogen-bond acceptors (Lipinski definition) is 2. The molecule has 126 valence electrons. The summed E-state index contributed by atoms with van der Waals surface area (Å²) >= 11 is 0. The van der Waals surface area contributed by atoms with E-state index in [0.717, 1.165) is 0 Å². The molecule has 22 heavy (non-hydrogen) atoms. The molecule has 0 aliphatic rings. The SMILES string of the molecule is CCCCCCCCCCCC(CCC)c1cnncc1C. The fraction of sp³-hybridized carbons (Fsp3) is 0.800. The minimum Gasteiger partial charge on any atom is -0.159 e. The first-order valence-corrected chi connectivity index (χ1v) is 9.56. The normalized spacial score (nSPS) is 12.5. The van der Waals surface area contributed by atoms with Gasteiger partial charge in [0.05, 0.1) is 12.4 Å². The molecule has 1 aromatic heterocycles. The van der Waals surface area contributed by atoms with Gasteiger partial charge in [0.25, 0.3) is 0 Å². The first kappa shape index (κ1) is 19.1. The predicted molar refractivity (Wildman–Crippen MR) is 96.3 cm³/mol. The van der Waals surface area contributed by atoms with Gasteiger partial charge in [-0.1, -0.05) is 78.1 Å². The van der Waals surface area contributed by atoms with Crippen molar-refractivity contribution in [2.45, 2.75) is 104 Å². The molecule has 1 heterocycles. The van der Waals surface area contributed by atoms with E-state index in [1.165, 1.54) is 88.2 Å². The van der Waals surface area contributed by atoms with Crippen molar-refractivity contribution in [2.24, 2.45) is 0 Å². The monoisotopic (exact) mass is 304 g/mol. The fourth-order valence-corrected chi connectivity index (χ4v) is 3.32. The maximum Gasteiger partial charge on any atom is 0.0533 e.